The van der Waals surface area contributed by atoms with Crippen molar-refractivity contribution in [3.8, 4) is 0 Å². The number of halogens is 2. The van der Waals surface area contributed by atoms with Crippen molar-refractivity contribution in [3.05, 3.63) is 52.6 Å². The summed E-state index contributed by atoms with van der Waals surface area (Å²) in [7, 11) is 0. The molecule has 1 aromatic carbocycles. The zero-order valence-electron chi connectivity index (χ0n) is 13.4. The van der Waals surface area contributed by atoms with Crippen LogP contribution in [0.4, 0.5) is 10.1 Å². The van der Waals surface area contributed by atoms with Crippen molar-refractivity contribution in [1.82, 2.24) is 9.80 Å². The second-order valence-electron chi connectivity index (χ2n) is 5.73. The van der Waals surface area contributed by atoms with E-state index in [0.29, 0.717) is 42.3 Å². The fourth-order valence-corrected chi connectivity index (χ4v) is 2.97. The minimum atomic E-state index is -0.394. The molecular weight excluding hydrogens is 393 g/mol. The molecule has 1 saturated heterocycles. The monoisotopic (exact) mass is 409 g/mol. The second-order valence-corrected chi connectivity index (χ2v) is 6.51. The molecule has 2 aromatic rings. The van der Waals surface area contributed by atoms with Crippen molar-refractivity contribution < 1.29 is 18.4 Å². The molecule has 132 valence electrons. The largest absolute Gasteiger partial charge is 0.444 e. The van der Waals surface area contributed by atoms with Crippen LogP contribution >= 0.6 is 15.9 Å². The van der Waals surface area contributed by atoms with E-state index in [4.69, 9.17) is 4.42 Å². The molecule has 25 heavy (non-hydrogen) atoms. The lowest BCUT2D eigenvalue weighted by Gasteiger charge is -2.33. The molecule has 8 heteroatoms. The van der Waals surface area contributed by atoms with Gasteiger partial charge in [0.15, 0.2) is 10.4 Å². The molecule has 0 spiro atoms. The smallest absolute Gasteiger partial charge is 0.289 e. The average Bonchev–Trinajstić information content (AvgIpc) is 3.01. The molecule has 1 N–H and O–H groups in total. The number of anilines is 1. The van der Waals surface area contributed by atoms with Crippen molar-refractivity contribution in [3.63, 3.8) is 0 Å². The van der Waals surface area contributed by atoms with Gasteiger partial charge in [0.2, 0.25) is 5.91 Å². The SMILES string of the molecule is O=C(CN1CCN(C(=O)c2ccc(Br)o2)CC1)Nc1cccc(F)c1. The highest BCUT2D eigenvalue weighted by atomic mass is 79.9. The average molecular weight is 410 g/mol. The van der Waals surface area contributed by atoms with E-state index in [2.05, 4.69) is 21.2 Å². The van der Waals surface area contributed by atoms with Gasteiger partial charge in [0.05, 0.1) is 6.54 Å². The molecule has 2 heterocycles. The van der Waals surface area contributed by atoms with Gasteiger partial charge in [-0.05, 0) is 46.3 Å². The van der Waals surface area contributed by atoms with Crippen LogP contribution < -0.4 is 5.32 Å². The molecule has 0 unspecified atom stereocenters. The van der Waals surface area contributed by atoms with E-state index in [1.807, 2.05) is 4.90 Å². The Balaban J connectivity index is 1.47. The molecular formula is C17H17BrFN3O3. The van der Waals surface area contributed by atoms with Crippen molar-refractivity contribution in [2.75, 3.05) is 38.0 Å². The van der Waals surface area contributed by atoms with Crippen molar-refractivity contribution in [2.45, 2.75) is 0 Å². The Morgan fingerprint density at radius 1 is 1.16 bits per heavy atom. The summed E-state index contributed by atoms with van der Waals surface area (Å²) >= 11 is 3.18. The summed E-state index contributed by atoms with van der Waals surface area (Å²) in [4.78, 5) is 28.0. The van der Waals surface area contributed by atoms with Crippen LogP contribution in [0.1, 0.15) is 10.6 Å². The van der Waals surface area contributed by atoms with Crippen molar-refractivity contribution in [1.29, 1.82) is 0 Å². The topological polar surface area (TPSA) is 65.8 Å². The Bertz CT molecular complexity index is 772. The van der Waals surface area contributed by atoms with E-state index in [1.165, 1.54) is 12.1 Å². The predicted octanol–water partition coefficient (Wildman–Crippen LogP) is 2.58. The number of piperazine rings is 1. The number of hydrogen-bond acceptors (Lipinski definition) is 4. The second kappa shape index (κ2) is 7.79. The summed E-state index contributed by atoms with van der Waals surface area (Å²) in [6.45, 7) is 2.41. The van der Waals surface area contributed by atoms with Gasteiger partial charge >= 0.3 is 0 Å². The molecule has 0 atom stereocenters. The molecule has 0 saturated carbocycles. The van der Waals surface area contributed by atoms with Gasteiger partial charge in [0, 0.05) is 31.9 Å². The fraction of sp³-hybridized carbons (Fsp3) is 0.294. The lowest BCUT2D eigenvalue weighted by Crippen LogP contribution is -2.50. The third kappa shape index (κ3) is 4.67. The highest BCUT2D eigenvalue weighted by Gasteiger charge is 2.25. The van der Waals surface area contributed by atoms with Crippen LogP contribution in [0.5, 0.6) is 0 Å². The quantitative estimate of drug-likeness (QED) is 0.842. The normalized spacial score (nSPS) is 15.2. The summed E-state index contributed by atoms with van der Waals surface area (Å²) in [6, 6.07) is 9.09. The number of carbonyl (C=O) groups excluding carboxylic acids is 2. The first-order valence-corrected chi connectivity index (χ1v) is 8.63. The maximum absolute atomic E-state index is 13.1. The van der Waals surface area contributed by atoms with E-state index < -0.39 is 5.82 Å². The van der Waals surface area contributed by atoms with E-state index in [-0.39, 0.29) is 18.4 Å². The van der Waals surface area contributed by atoms with E-state index in [9.17, 15) is 14.0 Å². The van der Waals surface area contributed by atoms with Gasteiger partial charge in [0.1, 0.15) is 5.82 Å². The summed E-state index contributed by atoms with van der Waals surface area (Å²) in [5, 5.41) is 2.67. The van der Waals surface area contributed by atoms with Gasteiger partial charge in [-0.2, -0.15) is 0 Å². The maximum Gasteiger partial charge on any atom is 0.289 e. The predicted molar refractivity (Wildman–Crippen MR) is 93.8 cm³/mol. The van der Waals surface area contributed by atoms with Gasteiger partial charge in [-0.1, -0.05) is 6.07 Å². The molecule has 0 aliphatic carbocycles. The molecule has 3 rings (SSSR count). The summed E-state index contributed by atoms with van der Waals surface area (Å²) in [5.41, 5.74) is 0.433. The number of rotatable bonds is 4. The first-order chi connectivity index (χ1) is 12.0. The van der Waals surface area contributed by atoms with Gasteiger partial charge in [-0.3, -0.25) is 14.5 Å². The molecule has 1 aliphatic rings. The minimum absolute atomic E-state index is 0.158. The van der Waals surface area contributed by atoms with Gasteiger partial charge in [-0.25, -0.2) is 4.39 Å². The molecule has 0 bridgehead atoms. The Kier molecular flexibility index (Phi) is 5.50. The Morgan fingerprint density at radius 3 is 2.56 bits per heavy atom. The molecule has 6 nitrogen and oxygen atoms in total. The van der Waals surface area contributed by atoms with Crippen LogP contribution in [0.15, 0.2) is 45.5 Å². The van der Waals surface area contributed by atoms with Gasteiger partial charge < -0.3 is 14.6 Å². The highest BCUT2D eigenvalue weighted by molar-refractivity contribution is 9.10. The third-order valence-corrected chi connectivity index (χ3v) is 4.35. The third-order valence-electron chi connectivity index (χ3n) is 3.92. The Morgan fingerprint density at radius 2 is 1.92 bits per heavy atom. The van der Waals surface area contributed by atoms with E-state index >= 15 is 0 Å². The first-order valence-electron chi connectivity index (χ1n) is 7.83. The number of amides is 2. The highest BCUT2D eigenvalue weighted by Crippen LogP contribution is 2.17. The van der Waals surface area contributed by atoms with Crippen LogP contribution in [0, 0.1) is 5.82 Å². The lowest BCUT2D eigenvalue weighted by atomic mass is 10.2. The maximum atomic E-state index is 13.1. The summed E-state index contributed by atoms with van der Waals surface area (Å²) < 4.78 is 18.9. The molecule has 1 fully saturated rings. The fourth-order valence-electron chi connectivity index (χ4n) is 2.66. The number of carbonyl (C=O) groups is 2. The Labute approximate surface area is 152 Å². The summed E-state index contributed by atoms with van der Waals surface area (Å²) in [6.07, 6.45) is 0. The van der Waals surface area contributed by atoms with Crippen LogP contribution in [-0.4, -0.2) is 54.3 Å². The minimum Gasteiger partial charge on any atom is -0.444 e. The van der Waals surface area contributed by atoms with Crippen LogP contribution in [-0.2, 0) is 4.79 Å². The van der Waals surface area contributed by atoms with Gasteiger partial charge in [-0.15, -0.1) is 0 Å². The number of nitrogens with one attached hydrogen (secondary N) is 1. The van der Waals surface area contributed by atoms with E-state index in [1.54, 1.807) is 29.2 Å². The molecule has 1 aromatic heterocycles. The number of benzene rings is 1. The zero-order valence-corrected chi connectivity index (χ0v) is 15.0. The lowest BCUT2D eigenvalue weighted by molar-refractivity contribution is -0.117. The molecule has 1 aliphatic heterocycles. The van der Waals surface area contributed by atoms with Crippen molar-refractivity contribution in [2.24, 2.45) is 0 Å². The standard InChI is InChI=1S/C17H17BrFN3O3/c18-15-5-4-14(25-15)17(24)22-8-6-21(7-9-22)11-16(23)20-13-3-1-2-12(19)10-13/h1-5,10H,6-9,11H2,(H,20,23). The number of furan rings is 1. The zero-order chi connectivity index (χ0) is 17.8. The van der Waals surface area contributed by atoms with Gasteiger partial charge in [0.25, 0.3) is 5.91 Å². The molecule has 0 radical (unpaired) electrons. The Hall–Kier alpha value is -2.19. The van der Waals surface area contributed by atoms with Crippen LogP contribution in [0.3, 0.4) is 0 Å². The number of nitrogens with zero attached hydrogens (tertiary/aromatic N) is 2. The van der Waals surface area contributed by atoms with E-state index in [0.717, 1.165) is 0 Å². The van der Waals surface area contributed by atoms with Crippen molar-refractivity contribution >= 4 is 33.4 Å². The molecule has 2 amide bonds. The number of hydrogen-bond donors (Lipinski definition) is 1. The first kappa shape index (κ1) is 17.6. The van der Waals surface area contributed by atoms with Crippen LogP contribution in [0.25, 0.3) is 0 Å². The van der Waals surface area contributed by atoms with Crippen LogP contribution in [0.2, 0.25) is 0 Å². The summed E-state index contributed by atoms with van der Waals surface area (Å²) in [5.74, 6) is -0.464.